The van der Waals surface area contributed by atoms with Crippen molar-refractivity contribution in [3.8, 4) is 0 Å². The highest BCUT2D eigenvalue weighted by molar-refractivity contribution is 8.00. The van der Waals surface area contributed by atoms with Gasteiger partial charge in [-0.15, -0.1) is 11.8 Å². The van der Waals surface area contributed by atoms with Crippen molar-refractivity contribution in [2.75, 3.05) is 0 Å². The number of hydrogen-bond donors (Lipinski definition) is 0. The van der Waals surface area contributed by atoms with Gasteiger partial charge >= 0.3 is 0 Å². The Morgan fingerprint density at radius 1 is 1.70 bits per heavy atom. The van der Waals surface area contributed by atoms with Gasteiger partial charge in [0.15, 0.2) is 0 Å². The van der Waals surface area contributed by atoms with Crippen LogP contribution in [0.5, 0.6) is 0 Å². The van der Waals surface area contributed by atoms with Gasteiger partial charge in [0.25, 0.3) is 0 Å². The Labute approximate surface area is 64.9 Å². The molecule has 0 radical (unpaired) electrons. The lowest BCUT2D eigenvalue weighted by atomic mass is 10.2. The van der Waals surface area contributed by atoms with E-state index in [1.54, 1.807) is 0 Å². The van der Waals surface area contributed by atoms with Gasteiger partial charge < -0.3 is 0 Å². The van der Waals surface area contributed by atoms with Crippen LogP contribution < -0.4 is 0 Å². The number of fused-ring (bicyclic) bond motifs is 1. The summed E-state index contributed by atoms with van der Waals surface area (Å²) >= 11 is 1.88. The van der Waals surface area contributed by atoms with Crippen molar-refractivity contribution in [3.05, 3.63) is 23.9 Å². The summed E-state index contributed by atoms with van der Waals surface area (Å²) in [5.41, 5.74) is 1.42. The Balaban J connectivity index is 2.42. The molecule has 0 amide bonds. The zero-order valence-corrected chi connectivity index (χ0v) is 6.69. The van der Waals surface area contributed by atoms with Gasteiger partial charge in [-0.05, 0) is 18.1 Å². The first-order valence-electron chi connectivity index (χ1n) is 3.47. The van der Waals surface area contributed by atoms with Gasteiger partial charge in [0.1, 0.15) is 0 Å². The van der Waals surface area contributed by atoms with E-state index in [1.165, 1.54) is 17.0 Å². The van der Waals surface area contributed by atoms with Crippen LogP contribution in [0.25, 0.3) is 0 Å². The quantitative estimate of drug-likeness (QED) is 0.563. The molecule has 1 nitrogen and oxygen atoms in total. The molecule has 0 aromatic carbocycles. The first-order valence-corrected chi connectivity index (χ1v) is 4.35. The Hall–Kier alpha value is -0.500. The highest BCUT2D eigenvalue weighted by atomic mass is 32.2. The highest BCUT2D eigenvalue weighted by Crippen LogP contribution is 2.34. The first-order chi connectivity index (χ1) is 4.86. The summed E-state index contributed by atoms with van der Waals surface area (Å²) in [5, 5.41) is 1.96. The van der Waals surface area contributed by atoms with Gasteiger partial charge in [-0.3, -0.25) is 0 Å². The summed E-state index contributed by atoms with van der Waals surface area (Å²) in [6.07, 6.45) is 3.05. The average molecular weight is 151 g/mol. The van der Waals surface area contributed by atoms with E-state index < -0.39 is 0 Å². The van der Waals surface area contributed by atoms with E-state index in [4.69, 9.17) is 0 Å². The van der Waals surface area contributed by atoms with Crippen molar-refractivity contribution < 1.29 is 0 Å². The van der Waals surface area contributed by atoms with Gasteiger partial charge in [0.05, 0.1) is 5.03 Å². The van der Waals surface area contributed by atoms with Crippen molar-refractivity contribution in [1.82, 2.24) is 4.98 Å². The molecule has 0 spiro atoms. The highest BCUT2D eigenvalue weighted by Gasteiger charge is 2.18. The lowest BCUT2D eigenvalue weighted by molar-refractivity contribution is 0.943. The second-order valence-corrected chi connectivity index (χ2v) is 4.03. The lowest BCUT2D eigenvalue weighted by Gasteiger charge is -1.92. The molecule has 1 unspecified atom stereocenters. The molecular formula is C8H9NS. The Kier molecular flexibility index (Phi) is 1.42. The first kappa shape index (κ1) is 6.23. The summed E-state index contributed by atoms with van der Waals surface area (Å²) in [4.78, 5) is 4.27. The van der Waals surface area contributed by atoms with E-state index >= 15 is 0 Å². The minimum Gasteiger partial charge on any atom is -0.250 e. The summed E-state index contributed by atoms with van der Waals surface area (Å²) in [5.74, 6) is 0. The van der Waals surface area contributed by atoms with Crippen LogP contribution in [0, 0.1) is 0 Å². The molecule has 0 bridgehead atoms. The smallest absolute Gasteiger partial charge is 0.0994 e. The normalized spacial score (nSPS) is 22.7. The van der Waals surface area contributed by atoms with Crippen molar-refractivity contribution in [3.63, 3.8) is 0 Å². The number of rotatable bonds is 0. The van der Waals surface area contributed by atoms with E-state index in [2.05, 4.69) is 18.0 Å². The van der Waals surface area contributed by atoms with E-state index in [0.29, 0.717) is 0 Å². The molecular weight excluding hydrogens is 142 g/mol. The van der Waals surface area contributed by atoms with Crippen molar-refractivity contribution in [1.29, 1.82) is 0 Å². The number of hydrogen-bond acceptors (Lipinski definition) is 2. The summed E-state index contributed by atoms with van der Waals surface area (Å²) in [6, 6.07) is 4.18. The summed E-state index contributed by atoms with van der Waals surface area (Å²) in [7, 11) is 0. The van der Waals surface area contributed by atoms with Crippen LogP contribution in [0.1, 0.15) is 12.5 Å². The number of thioether (sulfide) groups is 1. The maximum Gasteiger partial charge on any atom is 0.0994 e. The maximum atomic E-state index is 4.27. The zero-order valence-electron chi connectivity index (χ0n) is 5.87. The molecule has 52 valence electrons. The largest absolute Gasteiger partial charge is 0.250 e. The van der Waals surface area contributed by atoms with Gasteiger partial charge in [0, 0.05) is 11.4 Å². The Bertz CT molecular complexity index is 222. The zero-order chi connectivity index (χ0) is 6.97. The standard InChI is InChI=1S/C8H9NS/c1-6-5-7-3-2-4-9-8(7)10-6/h2-4,6H,5H2,1H3. The minimum atomic E-state index is 0.727. The Morgan fingerprint density at radius 2 is 2.60 bits per heavy atom. The fourth-order valence-corrected chi connectivity index (χ4v) is 2.30. The number of pyridine rings is 1. The van der Waals surface area contributed by atoms with Crippen molar-refractivity contribution >= 4 is 11.8 Å². The van der Waals surface area contributed by atoms with Gasteiger partial charge in [-0.2, -0.15) is 0 Å². The molecule has 2 heterocycles. The van der Waals surface area contributed by atoms with Crippen LogP contribution >= 0.6 is 11.8 Å². The van der Waals surface area contributed by atoms with E-state index in [1.807, 2.05) is 24.0 Å². The van der Waals surface area contributed by atoms with E-state index in [-0.39, 0.29) is 0 Å². The SMILES string of the molecule is CC1Cc2cccnc2S1. The van der Waals surface area contributed by atoms with Crippen LogP contribution in [0.3, 0.4) is 0 Å². The molecule has 1 aromatic rings. The molecule has 1 aliphatic heterocycles. The molecule has 1 aliphatic rings. The maximum absolute atomic E-state index is 4.27. The molecule has 0 saturated heterocycles. The van der Waals surface area contributed by atoms with Crippen LogP contribution in [0.4, 0.5) is 0 Å². The molecule has 0 N–H and O–H groups in total. The number of aromatic nitrogens is 1. The minimum absolute atomic E-state index is 0.727. The Morgan fingerprint density at radius 3 is 3.40 bits per heavy atom. The molecule has 0 fully saturated rings. The average Bonchev–Trinajstić information content (AvgIpc) is 2.27. The predicted molar refractivity (Wildman–Crippen MR) is 43.3 cm³/mol. The van der Waals surface area contributed by atoms with Crippen LogP contribution in [0.2, 0.25) is 0 Å². The molecule has 0 aliphatic carbocycles. The van der Waals surface area contributed by atoms with Crippen molar-refractivity contribution in [2.45, 2.75) is 23.6 Å². The van der Waals surface area contributed by atoms with Gasteiger partial charge in [0.2, 0.25) is 0 Å². The summed E-state index contributed by atoms with van der Waals surface area (Å²) in [6.45, 7) is 2.24. The van der Waals surface area contributed by atoms with Gasteiger partial charge in [-0.1, -0.05) is 13.0 Å². The number of nitrogens with zero attached hydrogens (tertiary/aromatic N) is 1. The molecule has 1 atom stereocenters. The molecule has 2 rings (SSSR count). The van der Waals surface area contributed by atoms with Crippen LogP contribution in [0.15, 0.2) is 23.4 Å². The fraction of sp³-hybridized carbons (Fsp3) is 0.375. The third kappa shape index (κ3) is 0.926. The third-order valence-corrected chi connectivity index (χ3v) is 2.83. The molecule has 0 saturated carbocycles. The second-order valence-electron chi connectivity index (χ2n) is 2.60. The fourth-order valence-electron chi connectivity index (χ4n) is 1.23. The third-order valence-electron chi connectivity index (χ3n) is 1.67. The summed E-state index contributed by atoms with van der Waals surface area (Å²) < 4.78 is 0. The van der Waals surface area contributed by atoms with E-state index in [0.717, 1.165) is 5.25 Å². The van der Waals surface area contributed by atoms with Crippen molar-refractivity contribution in [2.24, 2.45) is 0 Å². The molecule has 2 heteroatoms. The molecule has 10 heavy (non-hydrogen) atoms. The van der Waals surface area contributed by atoms with Gasteiger partial charge in [-0.25, -0.2) is 4.98 Å². The predicted octanol–water partition coefficient (Wildman–Crippen LogP) is 2.12. The molecule has 1 aromatic heterocycles. The monoisotopic (exact) mass is 151 g/mol. The lowest BCUT2D eigenvalue weighted by Crippen LogP contribution is -1.90. The topological polar surface area (TPSA) is 12.9 Å². The van der Waals surface area contributed by atoms with E-state index in [9.17, 15) is 0 Å². The second kappa shape index (κ2) is 2.27. The van der Waals surface area contributed by atoms with Crippen LogP contribution in [-0.4, -0.2) is 10.2 Å². The van der Waals surface area contributed by atoms with Crippen LogP contribution in [-0.2, 0) is 6.42 Å².